The van der Waals surface area contributed by atoms with Crippen LogP contribution in [0.4, 0.5) is 5.69 Å². The molecule has 1 N–H and O–H groups in total. The molecule has 1 amide bonds. The van der Waals surface area contributed by atoms with Crippen molar-refractivity contribution in [3.8, 4) is 5.75 Å². The number of carbonyl (C=O) groups excluding carboxylic acids is 2. The monoisotopic (exact) mass is 333 g/mol. The maximum atomic E-state index is 12.1. The number of hydrogen-bond acceptors (Lipinski definition) is 4. The normalized spacial score (nSPS) is 11.4. The number of rotatable bonds is 5. The second-order valence-electron chi connectivity index (χ2n) is 4.77. The Hall–Kier alpha value is -2.53. The van der Waals surface area contributed by atoms with Gasteiger partial charge in [0, 0.05) is 16.3 Å². The van der Waals surface area contributed by atoms with Crippen LogP contribution in [-0.4, -0.2) is 25.1 Å². The van der Waals surface area contributed by atoms with Crippen molar-refractivity contribution in [2.75, 3.05) is 12.4 Å². The van der Waals surface area contributed by atoms with Crippen LogP contribution in [-0.2, 0) is 9.53 Å². The van der Waals surface area contributed by atoms with E-state index in [1.807, 2.05) is 0 Å². The van der Waals surface area contributed by atoms with Gasteiger partial charge in [0.15, 0.2) is 6.10 Å². The highest BCUT2D eigenvalue weighted by Crippen LogP contribution is 2.17. The summed E-state index contributed by atoms with van der Waals surface area (Å²) in [6.45, 7) is 1.59. The summed E-state index contributed by atoms with van der Waals surface area (Å²) >= 11 is 5.80. The van der Waals surface area contributed by atoms with Crippen LogP contribution < -0.4 is 10.1 Å². The minimum Gasteiger partial charge on any atom is -0.479 e. The van der Waals surface area contributed by atoms with Gasteiger partial charge in [-0.15, -0.1) is 0 Å². The van der Waals surface area contributed by atoms with Crippen LogP contribution >= 0.6 is 11.6 Å². The first kappa shape index (κ1) is 16.8. The SMILES string of the molecule is COC(=O)C(C)Oc1ccc(C(=O)Nc2ccc(Cl)cc2)cc1. The molecule has 1 unspecified atom stereocenters. The van der Waals surface area contributed by atoms with Crippen LogP contribution in [0.25, 0.3) is 0 Å². The average Bonchev–Trinajstić information content (AvgIpc) is 2.56. The van der Waals surface area contributed by atoms with Gasteiger partial charge >= 0.3 is 5.97 Å². The van der Waals surface area contributed by atoms with Crippen molar-refractivity contribution in [3.63, 3.8) is 0 Å². The van der Waals surface area contributed by atoms with Gasteiger partial charge in [0.05, 0.1) is 7.11 Å². The van der Waals surface area contributed by atoms with Crippen molar-refractivity contribution in [2.45, 2.75) is 13.0 Å². The number of carbonyl (C=O) groups is 2. The summed E-state index contributed by atoms with van der Waals surface area (Å²) in [5.74, 6) is -0.236. The summed E-state index contributed by atoms with van der Waals surface area (Å²) in [6.07, 6.45) is -0.714. The fourth-order valence-corrected chi connectivity index (χ4v) is 1.97. The number of benzene rings is 2. The van der Waals surface area contributed by atoms with Crippen molar-refractivity contribution in [1.82, 2.24) is 0 Å². The van der Waals surface area contributed by atoms with Crippen LogP contribution in [0.2, 0.25) is 5.02 Å². The minimum absolute atomic E-state index is 0.250. The minimum atomic E-state index is -0.714. The van der Waals surface area contributed by atoms with Crippen LogP contribution in [0.3, 0.4) is 0 Å². The van der Waals surface area contributed by atoms with E-state index in [2.05, 4.69) is 10.1 Å². The highest BCUT2D eigenvalue weighted by Gasteiger charge is 2.15. The van der Waals surface area contributed by atoms with Gasteiger partial charge in [0.2, 0.25) is 0 Å². The van der Waals surface area contributed by atoms with E-state index < -0.39 is 12.1 Å². The molecule has 0 aliphatic heterocycles. The molecule has 2 aromatic carbocycles. The average molecular weight is 334 g/mol. The third-order valence-corrected chi connectivity index (χ3v) is 3.32. The van der Waals surface area contributed by atoms with E-state index in [0.29, 0.717) is 22.0 Å². The number of methoxy groups -OCH3 is 1. The highest BCUT2D eigenvalue weighted by atomic mass is 35.5. The van der Waals surface area contributed by atoms with Gasteiger partial charge in [-0.05, 0) is 55.5 Å². The van der Waals surface area contributed by atoms with Gasteiger partial charge in [-0.1, -0.05) is 11.6 Å². The molecule has 0 aliphatic carbocycles. The number of ether oxygens (including phenoxy) is 2. The van der Waals surface area contributed by atoms with E-state index in [1.54, 1.807) is 55.5 Å². The summed E-state index contributed by atoms with van der Waals surface area (Å²) < 4.78 is 10.00. The van der Waals surface area contributed by atoms with E-state index in [-0.39, 0.29) is 5.91 Å². The van der Waals surface area contributed by atoms with E-state index >= 15 is 0 Å². The van der Waals surface area contributed by atoms with Crippen molar-refractivity contribution in [1.29, 1.82) is 0 Å². The molecule has 0 aromatic heterocycles. The van der Waals surface area contributed by atoms with Gasteiger partial charge in [-0.3, -0.25) is 4.79 Å². The number of amides is 1. The van der Waals surface area contributed by atoms with Crippen molar-refractivity contribution in [2.24, 2.45) is 0 Å². The first-order valence-corrected chi connectivity index (χ1v) is 7.29. The molecule has 5 nitrogen and oxygen atoms in total. The Kier molecular flexibility index (Phi) is 5.60. The molecule has 2 rings (SSSR count). The number of esters is 1. The Morgan fingerprint density at radius 1 is 1.04 bits per heavy atom. The molecule has 0 bridgehead atoms. The number of hydrogen-bond donors (Lipinski definition) is 1. The second-order valence-corrected chi connectivity index (χ2v) is 5.21. The number of nitrogens with one attached hydrogen (secondary N) is 1. The molecule has 0 aliphatic rings. The fraction of sp³-hybridized carbons (Fsp3) is 0.176. The quantitative estimate of drug-likeness (QED) is 0.850. The molecule has 0 saturated carbocycles. The van der Waals surface area contributed by atoms with Gasteiger partial charge in [0.25, 0.3) is 5.91 Å². The molecule has 1 atom stereocenters. The van der Waals surface area contributed by atoms with Gasteiger partial charge in [-0.25, -0.2) is 4.79 Å². The lowest BCUT2D eigenvalue weighted by atomic mass is 10.2. The van der Waals surface area contributed by atoms with Crippen molar-refractivity contribution >= 4 is 29.2 Å². The zero-order valence-corrected chi connectivity index (χ0v) is 13.5. The summed E-state index contributed by atoms with van der Waals surface area (Å²) in [6, 6.07) is 13.3. The molecule has 0 saturated heterocycles. The van der Waals surface area contributed by atoms with Crippen LogP contribution in [0.1, 0.15) is 17.3 Å². The Bertz CT molecular complexity index is 683. The van der Waals surface area contributed by atoms with Crippen LogP contribution in [0, 0.1) is 0 Å². The third kappa shape index (κ3) is 4.72. The molecule has 0 spiro atoms. The Morgan fingerprint density at radius 3 is 2.22 bits per heavy atom. The van der Waals surface area contributed by atoms with Crippen molar-refractivity contribution in [3.05, 3.63) is 59.1 Å². The summed E-state index contributed by atoms with van der Waals surface area (Å²) in [4.78, 5) is 23.4. The van der Waals surface area contributed by atoms with Crippen molar-refractivity contribution < 1.29 is 19.1 Å². The topological polar surface area (TPSA) is 64.6 Å². The van der Waals surface area contributed by atoms with E-state index in [4.69, 9.17) is 16.3 Å². The van der Waals surface area contributed by atoms with E-state index in [0.717, 1.165) is 0 Å². The first-order valence-electron chi connectivity index (χ1n) is 6.91. The molecule has 23 heavy (non-hydrogen) atoms. The molecular formula is C17H16ClNO4. The molecule has 0 fully saturated rings. The van der Waals surface area contributed by atoms with Gasteiger partial charge in [0.1, 0.15) is 5.75 Å². The largest absolute Gasteiger partial charge is 0.479 e. The van der Waals surface area contributed by atoms with Crippen LogP contribution in [0.15, 0.2) is 48.5 Å². The Morgan fingerprint density at radius 2 is 1.65 bits per heavy atom. The summed E-state index contributed by atoms with van der Waals surface area (Å²) in [5.41, 5.74) is 1.12. The Balaban J connectivity index is 1.99. The zero-order chi connectivity index (χ0) is 16.8. The number of halogens is 1. The van der Waals surface area contributed by atoms with Gasteiger partial charge in [-0.2, -0.15) is 0 Å². The summed E-state index contributed by atoms with van der Waals surface area (Å²) in [7, 11) is 1.30. The lowest BCUT2D eigenvalue weighted by Gasteiger charge is -2.12. The number of anilines is 1. The van der Waals surface area contributed by atoms with Crippen LogP contribution in [0.5, 0.6) is 5.75 Å². The highest BCUT2D eigenvalue weighted by molar-refractivity contribution is 6.30. The molecule has 0 radical (unpaired) electrons. The molecule has 6 heteroatoms. The Labute approximate surface area is 139 Å². The molecule has 120 valence electrons. The maximum absolute atomic E-state index is 12.1. The smallest absolute Gasteiger partial charge is 0.346 e. The lowest BCUT2D eigenvalue weighted by molar-refractivity contribution is -0.147. The lowest BCUT2D eigenvalue weighted by Crippen LogP contribution is -2.24. The summed E-state index contributed by atoms with van der Waals surface area (Å²) in [5, 5.41) is 3.36. The zero-order valence-electron chi connectivity index (χ0n) is 12.7. The molecule has 2 aromatic rings. The standard InChI is InChI=1S/C17H16ClNO4/c1-11(17(21)22-2)23-15-9-3-12(4-10-15)16(20)19-14-7-5-13(18)6-8-14/h3-11H,1-2H3,(H,19,20). The third-order valence-electron chi connectivity index (χ3n) is 3.06. The fourth-order valence-electron chi connectivity index (χ4n) is 1.84. The first-order chi connectivity index (χ1) is 11.0. The second kappa shape index (κ2) is 7.65. The van der Waals surface area contributed by atoms with E-state index in [1.165, 1.54) is 7.11 Å². The molecular weight excluding hydrogens is 318 g/mol. The molecule has 0 heterocycles. The predicted molar refractivity (Wildman–Crippen MR) is 88.0 cm³/mol. The van der Waals surface area contributed by atoms with Gasteiger partial charge < -0.3 is 14.8 Å². The van der Waals surface area contributed by atoms with E-state index in [9.17, 15) is 9.59 Å². The predicted octanol–water partition coefficient (Wildman–Crippen LogP) is 3.53. The maximum Gasteiger partial charge on any atom is 0.346 e.